The van der Waals surface area contributed by atoms with E-state index < -0.39 is 0 Å². The topological polar surface area (TPSA) is 81.9 Å². The summed E-state index contributed by atoms with van der Waals surface area (Å²) in [6, 6.07) is 10.7. The third kappa shape index (κ3) is 4.93. The van der Waals surface area contributed by atoms with Crippen LogP contribution in [0.15, 0.2) is 36.5 Å². The van der Waals surface area contributed by atoms with Gasteiger partial charge in [-0.2, -0.15) is 5.26 Å². The molecular weight excluding hydrogens is 326 g/mol. The molecule has 1 aromatic heterocycles. The Kier molecular flexibility index (Phi) is 6.10. The largest absolute Gasteiger partial charge is 0.279 e. The zero-order valence-electron chi connectivity index (χ0n) is 13.5. The smallest absolute Gasteiger partial charge is 0.245 e. The van der Waals surface area contributed by atoms with Gasteiger partial charge in [0.05, 0.1) is 6.42 Å². The molecule has 0 aliphatic heterocycles. The van der Waals surface area contributed by atoms with Gasteiger partial charge in [-0.15, -0.1) is 0 Å². The summed E-state index contributed by atoms with van der Waals surface area (Å²) < 4.78 is 0. The number of nitriles is 1. The molecule has 0 radical (unpaired) electrons. The average molecular weight is 344 g/mol. The van der Waals surface area contributed by atoms with Crippen LogP contribution in [0.2, 0.25) is 5.02 Å². The fourth-order valence-corrected chi connectivity index (χ4v) is 2.29. The third-order valence-electron chi connectivity index (χ3n) is 3.15. The van der Waals surface area contributed by atoms with E-state index in [1.807, 2.05) is 38.1 Å². The number of hydrogen-bond acceptors (Lipinski definition) is 5. The van der Waals surface area contributed by atoms with E-state index in [0.717, 1.165) is 5.56 Å². The molecule has 2 aromatic rings. The standard InChI is InChI=1S/C17H18ClN5O/c1-12(2)11-23(22-15-7-8-20-16(10-19)21-15)17(24)9-13-5-3-4-6-14(13)18/h3-8,12H,9,11H2,1-2H3,(H,20,21,22). The Labute approximate surface area is 146 Å². The maximum atomic E-state index is 12.7. The molecule has 0 bridgehead atoms. The molecule has 1 amide bonds. The number of benzene rings is 1. The molecule has 0 saturated carbocycles. The molecule has 24 heavy (non-hydrogen) atoms. The van der Waals surface area contributed by atoms with Crippen LogP contribution in [0.5, 0.6) is 0 Å². The number of halogens is 1. The van der Waals surface area contributed by atoms with Crippen molar-refractivity contribution in [1.82, 2.24) is 15.0 Å². The van der Waals surface area contributed by atoms with Crippen LogP contribution in [0.1, 0.15) is 25.2 Å². The molecule has 0 atom stereocenters. The number of hydrogen-bond donors (Lipinski definition) is 1. The molecule has 0 aliphatic rings. The molecular formula is C17H18ClN5O. The predicted octanol–water partition coefficient (Wildman–Crippen LogP) is 3.06. The summed E-state index contributed by atoms with van der Waals surface area (Å²) >= 11 is 6.13. The highest BCUT2D eigenvalue weighted by molar-refractivity contribution is 6.31. The van der Waals surface area contributed by atoms with Crippen molar-refractivity contribution in [1.29, 1.82) is 5.26 Å². The van der Waals surface area contributed by atoms with Gasteiger partial charge >= 0.3 is 0 Å². The summed E-state index contributed by atoms with van der Waals surface area (Å²) in [5.41, 5.74) is 3.73. The van der Waals surface area contributed by atoms with Crippen LogP contribution >= 0.6 is 11.6 Å². The number of amides is 1. The number of nitrogens with one attached hydrogen (secondary N) is 1. The minimum absolute atomic E-state index is 0.0445. The van der Waals surface area contributed by atoms with Crippen LogP contribution in [-0.2, 0) is 11.2 Å². The molecule has 0 saturated heterocycles. The van der Waals surface area contributed by atoms with E-state index in [4.69, 9.17) is 16.9 Å². The van der Waals surface area contributed by atoms with Crippen LogP contribution in [0.4, 0.5) is 5.82 Å². The number of hydrazine groups is 1. The zero-order valence-corrected chi connectivity index (χ0v) is 14.3. The van der Waals surface area contributed by atoms with Gasteiger partial charge in [-0.1, -0.05) is 43.6 Å². The van der Waals surface area contributed by atoms with Crippen LogP contribution in [-0.4, -0.2) is 27.4 Å². The number of aromatic nitrogens is 2. The Bertz CT molecular complexity index is 757. The van der Waals surface area contributed by atoms with E-state index in [1.54, 1.807) is 12.1 Å². The summed E-state index contributed by atoms with van der Waals surface area (Å²) in [6.07, 6.45) is 1.65. The molecule has 0 aliphatic carbocycles. The first-order valence-electron chi connectivity index (χ1n) is 7.53. The van der Waals surface area contributed by atoms with Crippen LogP contribution in [0.3, 0.4) is 0 Å². The van der Waals surface area contributed by atoms with Crippen molar-refractivity contribution in [3.8, 4) is 6.07 Å². The Balaban J connectivity index is 2.16. The maximum absolute atomic E-state index is 12.7. The Morgan fingerprint density at radius 3 is 2.79 bits per heavy atom. The van der Waals surface area contributed by atoms with E-state index >= 15 is 0 Å². The molecule has 1 aromatic carbocycles. The first-order chi connectivity index (χ1) is 11.5. The minimum Gasteiger partial charge on any atom is -0.279 e. The molecule has 1 heterocycles. The summed E-state index contributed by atoms with van der Waals surface area (Å²) in [7, 11) is 0. The highest BCUT2D eigenvalue weighted by Gasteiger charge is 2.17. The van der Waals surface area contributed by atoms with E-state index in [1.165, 1.54) is 11.2 Å². The van der Waals surface area contributed by atoms with Crippen molar-refractivity contribution >= 4 is 23.3 Å². The number of rotatable bonds is 6. The number of anilines is 1. The summed E-state index contributed by atoms with van der Waals surface area (Å²) in [5.74, 6) is 0.566. The SMILES string of the molecule is CC(C)CN(Nc1ccnc(C#N)n1)C(=O)Cc1ccccc1Cl. The van der Waals surface area contributed by atoms with Crippen molar-refractivity contribution in [2.24, 2.45) is 5.92 Å². The fraction of sp³-hybridized carbons (Fsp3) is 0.294. The molecule has 0 fully saturated rings. The van der Waals surface area contributed by atoms with Gasteiger partial charge in [0.25, 0.3) is 0 Å². The number of carbonyl (C=O) groups is 1. The van der Waals surface area contributed by atoms with Crippen molar-refractivity contribution < 1.29 is 4.79 Å². The highest BCUT2D eigenvalue weighted by Crippen LogP contribution is 2.17. The Morgan fingerprint density at radius 2 is 2.12 bits per heavy atom. The molecule has 124 valence electrons. The lowest BCUT2D eigenvalue weighted by Gasteiger charge is -2.25. The Morgan fingerprint density at radius 1 is 1.38 bits per heavy atom. The van der Waals surface area contributed by atoms with Crippen LogP contribution < -0.4 is 5.43 Å². The summed E-state index contributed by atoms with van der Waals surface area (Å²) in [4.78, 5) is 20.5. The summed E-state index contributed by atoms with van der Waals surface area (Å²) in [6.45, 7) is 4.52. The maximum Gasteiger partial charge on any atom is 0.245 e. The lowest BCUT2D eigenvalue weighted by molar-refractivity contribution is -0.129. The van der Waals surface area contributed by atoms with Crippen molar-refractivity contribution in [3.63, 3.8) is 0 Å². The second-order valence-electron chi connectivity index (χ2n) is 5.66. The van der Waals surface area contributed by atoms with Gasteiger partial charge in [0.15, 0.2) is 0 Å². The second-order valence-corrected chi connectivity index (χ2v) is 6.06. The molecule has 0 spiro atoms. The van der Waals surface area contributed by atoms with Gasteiger partial charge in [-0.3, -0.25) is 15.2 Å². The van der Waals surface area contributed by atoms with Crippen LogP contribution in [0.25, 0.3) is 0 Å². The van der Waals surface area contributed by atoms with Crippen molar-refractivity contribution in [2.45, 2.75) is 20.3 Å². The molecule has 1 N–H and O–H groups in total. The molecule has 0 unspecified atom stereocenters. The normalized spacial score (nSPS) is 10.3. The second kappa shape index (κ2) is 8.27. The minimum atomic E-state index is -0.131. The number of carbonyl (C=O) groups excluding carboxylic acids is 1. The van der Waals surface area contributed by atoms with E-state index in [9.17, 15) is 4.79 Å². The molecule has 2 rings (SSSR count). The van der Waals surface area contributed by atoms with Gasteiger partial charge < -0.3 is 0 Å². The monoisotopic (exact) mass is 343 g/mol. The van der Waals surface area contributed by atoms with E-state index in [0.29, 0.717) is 17.4 Å². The lowest BCUT2D eigenvalue weighted by atomic mass is 10.1. The van der Waals surface area contributed by atoms with E-state index in [2.05, 4.69) is 15.4 Å². The summed E-state index contributed by atoms with van der Waals surface area (Å²) in [5, 5.41) is 10.9. The molecule has 6 nitrogen and oxygen atoms in total. The first kappa shape index (κ1) is 17.7. The van der Waals surface area contributed by atoms with Crippen molar-refractivity contribution in [2.75, 3.05) is 12.0 Å². The van der Waals surface area contributed by atoms with Crippen LogP contribution in [0, 0.1) is 17.2 Å². The zero-order chi connectivity index (χ0) is 17.5. The van der Waals surface area contributed by atoms with E-state index in [-0.39, 0.29) is 24.1 Å². The van der Waals surface area contributed by atoms with Gasteiger partial charge in [0.1, 0.15) is 11.9 Å². The van der Waals surface area contributed by atoms with Gasteiger partial charge in [-0.05, 0) is 17.5 Å². The first-order valence-corrected chi connectivity index (χ1v) is 7.91. The highest BCUT2D eigenvalue weighted by atomic mass is 35.5. The van der Waals surface area contributed by atoms with Gasteiger partial charge in [0, 0.05) is 23.8 Å². The Hall–Kier alpha value is -2.65. The quantitative estimate of drug-likeness (QED) is 0.815. The lowest BCUT2D eigenvalue weighted by Crippen LogP contribution is -2.40. The van der Waals surface area contributed by atoms with Gasteiger partial charge in [0.2, 0.25) is 11.7 Å². The predicted molar refractivity (Wildman–Crippen MR) is 92.1 cm³/mol. The van der Waals surface area contributed by atoms with Gasteiger partial charge in [-0.25, -0.2) is 9.97 Å². The average Bonchev–Trinajstić information content (AvgIpc) is 2.56. The fourth-order valence-electron chi connectivity index (χ4n) is 2.09. The van der Waals surface area contributed by atoms with Crippen molar-refractivity contribution in [3.05, 3.63) is 52.9 Å². The third-order valence-corrected chi connectivity index (χ3v) is 3.52. The number of nitrogens with zero attached hydrogens (tertiary/aromatic N) is 4. The molecule has 7 heteroatoms.